The average molecular weight is 302 g/mol. The molecule has 0 aromatic carbocycles. The fourth-order valence-corrected chi connectivity index (χ4v) is 3.02. The van der Waals surface area contributed by atoms with E-state index in [-0.39, 0.29) is 24.4 Å². The van der Waals surface area contributed by atoms with Gasteiger partial charge < -0.3 is 15.0 Å². The van der Waals surface area contributed by atoms with E-state index in [9.17, 15) is 13.6 Å². The summed E-state index contributed by atoms with van der Waals surface area (Å²) in [4.78, 5) is 13.6. The first-order valence-electron chi connectivity index (χ1n) is 7.73. The number of likely N-dealkylation sites (tertiary alicyclic amines) is 1. The molecular weight excluding hydrogens is 278 g/mol. The molecule has 2 aliphatic rings. The van der Waals surface area contributed by atoms with Crippen LogP contribution in [0, 0.1) is 5.92 Å². The van der Waals surface area contributed by atoms with E-state index in [4.69, 9.17) is 4.74 Å². The molecule has 2 heterocycles. The van der Waals surface area contributed by atoms with E-state index in [1.54, 1.807) is 4.90 Å². The van der Waals surface area contributed by atoms with Crippen molar-refractivity contribution in [3.05, 3.63) is 11.7 Å². The Morgan fingerprint density at radius 2 is 2.10 bits per heavy atom. The van der Waals surface area contributed by atoms with Gasteiger partial charge in [0.2, 0.25) is 0 Å². The van der Waals surface area contributed by atoms with Crippen molar-refractivity contribution in [2.45, 2.75) is 45.1 Å². The van der Waals surface area contributed by atoms with Gasteiger partial charge in [0, 0.05) is 26.2 Å². The second kappa shape index (κ2) is 7.73. The number of hydrogen-bond donors (Lipinski definition) is 1. The lowest BCUT2D eigenvalue weighted by Gasteiger charge is -2.29. The Labute approximate surface area is 124 Å². The number of rotatable bonds is 3. The molecule has 0 aliphatic carbocycles. The number of halogens is 2. The first-order chi connectivity index (χ1) is 10.1. The number of amides is 2. The van der Waals surface area contributed by atoms with Crippen molar-refractivity contribution in [1.29, 1.82) is 0 Å². The van der Waals surface area contributed by atoms with Crippen LogP contribution in [0.2, 0.25) is 0 Å². The van der Waals surface area contributed by atoms with Gasteiger partial charge in [-0.2, -0.15) is 8.78 Å². The second-order valence-corrected chi connectivity index (χ2v) is 5.94. The molecule has 0 aromatic rings. The molecule has 0 saturated carbocycles. The van der Waals surface area contributed by atoms with Crippen molar-refractivity contribution in [1.82, 2.24) is 10.2 Å². The highest BCUT2D eigenvalue weighted by Gasteiger charge is 2.22. The summed E-state index contributed by atoms with van der Waals surface area (Å²) in [5, 5.41) is 2.90. The minimum absolute atomic E-state index is 0.131. The lowest BCUT2D eigenvalue weighted by atomic mass is 9.93. The largest absolute Gasteiger partial charge is 0.378 e. The van der Waals surface area contributed by atoms with Crippen LogP contribution in [0.15, 0.2) is 11.7 Å². The summed E-state index contributed by atoms with van der Waals surface area (Å²) >= 11 is 0. The van der Waals surface area contributed by atoms with E-state index >= 15 is 0 Å². The monoisotopic (exact) mass is 302 g/mol. The molecule has 2 fully saturated rings. The predicted octanol–water partition coefficient (Wildman–Crippen LogP) is 3.15. The number of piperidine rings is 1. The van der Waals surface area contributed by atoms with Gasteiger partial charge in [0.05, 0.1) is 6.10 Å². The third-order valence-electron chi connectivity index (χ3n) is 4.34. The molecule has 2 aliphatic heterocycles. The lowest BCUT2D eigenvalue weighted by molar-refractivity contribution is 0.00111. The van der Waals surface area contributed by atoms with Crippen LogP contribution in [0.25, 0.3) is 0 Å². The van der Waals surface area contributed by atoms with Gasteiger partial charge in [-0.15, -0.1) is 0 Å². The molecule has 6 heteroatoms. The average Bonchev–Trinajstić information content (AvgIpc) is 2.47. The fourth-order valence-electron chi connectivity index (χ4n) is 3.02. The Morgan fingerprint density at radius 3 is 2.71 bits per heavy atom. The van der Waals surface area contributed by atoms with Gasteiger partial charge in [-0.25, -0.2) is 4.79 Å². The van der Waals surface area contributed by atoms with Crippen molar-refractivity contribution >= 4 is 6.03 Å². The molecule has 2 unspecified atom stereocenters. The Bertz CT molecular complexity index is 387. The van der Waals surface area contributed by atoms with Crippen LogP contribution >= 0.6 is 0 Å². The fraction of sp³-hybridized carbons (Fsp3) is 0.800. The van der Waals surface area contributed by atoms with Crippen molar-refractivity contribution < 1.29 is 18.3 Å². The molecule has 0 bridgehead atoms. The highest BCUT2D eigenvalue weighted by atomic mass is 19.3. The molecule has 21 heavy (non-hydrogen) atoms. The zero-order valence-electron chi connectivity index (χ0n) is 12.5. The minimum Gasteiger partial charge on any atom is -0.378 e. The topological polar surface area (TPSA) is 41.6 Å². The smallest absolute Gasteiger partial charge is 0.317 e. The van der Waals surface area contributed by atoms with Crippen LogP contribution in [0.5, 0.6) is 0 Å². The first kappa shape index (κ1) is 16.2. The van der Waals surface area contributed by atoms with Gasteiger partial charge in [-0.05, 0) is 50.5 Å². The summed E-state index contributed by atoms with van der Waals surface area (Å²) in [5.41, 5.74) is 0.190. The van der Waals surface area contributed by atoms with Gasteiger partial charge in [0.15, 0.2) is 0 Å². The van der Waals surface area contributed by atoms with Gasteiger partial charge in [-0.3, -0.25) is 0 Å². The lowest BCUT2D eigenvalue weighted by Crippen LogP contribution is -2.44. The van der Waals surface area contributed by atoms with Crippen LogP contribution in [-0.4, -0.2) is 43.3 Å². The zero-order chi connectivity index (χ0) is 15.2. The standard InChI is InChI=1S/C15H24F2N2O2/c1-11-10-12(5-9-21-11)2-6-18-15(20)19-7-3-13(4-8-19)14(16)17/h11-12H,2-10H2,1H3,(H,18,20). The molecule has 2 rings (SSSR count). The van der Waals surface area contributed by atoms with Crippen LogP contribution in [0.3, 0.4) is 0 Å². The highest BCUT2D eigenvalue weighted by molar-refractivity contribution is 5.74. The van der Waals surface area contributed by atoms with E-state index in [1.165, 1.54) is 0 Å². The number of hydrogen-bond acceptors (Lipinski definition) is 2. The molecule has 2 amide bonds. The Morgan fingerprint density at radius 1 is 1.38 bits per heavy atom. The summed E-state index contributed by atoms with van der Waals surface area (Å²) < 4.78 is 30.4. The number of nitrogens with zero attached hydrogens (tertiary/aromatic N) is 1. The van der Waals surface area contributed by atoms with E-state index in [2.05, 4.69) is 12.2 Å². The van der Waals surface area contributed by atoms with Crippen LogP contribution in [0.1, 0.15) is 39.0 Å². The third kappa shape index (κ3) is 4.95. The third-order valence-corrected chi connectivity index (χ3v) is 4.34. The Balaban J connectivity index is 1.65. The molecule has 1 N–H and O–H groups in total. The molecule has 4 nitrogen and oxygen atoms in total. The summed E-state index contributed by atoms with van der Waals surface area (Å²) in [6.07, 6.45) is 2.35. The van der Waals surface area contributed by atoms with Gasteiger partial charge in [0.1, 0.15) is 0 Å². The molecule has 2 atom stereocenters. The maximum Gasteiger partial charge on any atom is 0.317 e. The Hall–Kier alpha value is -1.17. The number of ether oxygens (including phenoxy) is 1. The molecular formula is C15H24F2N2O2. The molecule has 0 radical (unpaired) electrons. The zero-order valence-corrected chi connectivity index (χ0v) is 12.5. The molecule has 120 valence electrons. The summed E-state index contributed by atoms with van der Waals surface area (Å²) in [5.74, 6) is 0.602. The van der Waals surface area contributed by atoms with Crippen molar-refractivity contribution in [2.75, 3.05) is 26.2 Å². The SMILES string of the molecule is CC1CC(CCNC(=O)N2CCC(=C(F)F)CC2)CCO1. The van der Waals surface area contributed by atoms with Gasteiger partial charge in [0.25, 0.3) is 6.08 Å². The van der Waals surface area contributed by atoms with Crippen LogP contribution < -0.4 is 5.32 Å². The Kier molecular flexibility index (Phi) is 5.96. The van der Waals surface area contributed by atoms with E-state index in [0.717, 1.165) is 25.9 Å². The van der Waals surface area contributed by atoms with E-state index in [1.807, 2.05) is 0 Å². The van der Waals surface area contributed by atoms with Gasteiger partial charge >= 0.3 is 6.03 Å². The van der Waals surface area contributed by atoms with E-state index < -0.39 is 6.08 Å². The molecule has 0 aromatic heterocycles. The van der Waals surface area contributed by atoms with Crippen molar-refractivity contribution in [2.24, 2.45) is 5.92 Å². The maximum absolute atomic E-state index is 12.4. The highest BCUT2D eigenvalue weighted by Crippen LogP contribution is 2.23. The number of carbonyl (C=O) groups is 1. The summed E-state index contributed by atoms with van der Waals surface area (Å²) in [6, 6.07) is -0.131. The number of urea groups is 1. The molecule has 0 spiro atoms. The summed E-state index contributed by atoms with van der Waals surface area (Å²) in [7, 11) is 0. The van der Waals surface area contributed by atoms with Gasteiger partial charge in [-0.1, -0.05) is 0 Å². The number of nitrogens with one attached hydrogen (secondary N) is 1. The number of carbonyl (C=O) groups excluding carboxylic acids is 1. The summed E-state index contributed by atoms with van der Waals surface area (Å²) in [6.45, 7) is 4.29. The van der Waals surface area contributed by atoms with Crippen LogP contribution in [-0.2, 0) is 4.74 Å². The first-order valence-corrected chi connectivity index (χ1v) is 7.73. The normalized spacial score (nSPS) is 26.6. The molecule has 2 saturated heterocycles. The quantitative estimate of drug-likeness (QED) is 0.870. The van der Waals surface area contributed by atoms with Crippen molar-refractivity contribution in [3.63, 3.8) is 0 Å². The van der Waals surface area contributed by atoms with E-state index in [0.29, 0.717) is 31.7 Å². The van der Waals surface area contributed by atoms with Crippen LogP contribution in [0.4, 0.5) is 13.6 Å². The maximum atomic E-state index is 12.4. The van der Waals surface area contributed by atoms with Crippen molar-refractivity contribution in [3.8, 4) is 0 Å². The second-order valence-electron chi connectivity index (χ2n) is 5.94. The minimum atomic E-state index is -1.58. The predicted molar refractivity (Wildman–Crippen MR) is 76.2 cm³/mol.